The largest absolute Gasteiger partial charge is 0.330 e. The lowest BCUT2D eigenvalue weighted by atomic mass is 10.2. The normalized spacial score (nSPS) is 19.5. The summed E-state index contributed by atoms with van der Waals surface area (Å²) in [5.41, 5.74) is 23.1. The van der Waals surface area contributed by atoms with Crippen LogP contribution in [0.3, 0.4) is 0 Å². The van der Waals surface area contributed by atoms with Crippen molar-refractivity contribution < 1.29 is 0 Å². The van der Waals surface area contributed by atoms with Crippen LogP contribution in [0.5, 0.6) is 0 Å². The molecule has 8 nitrogen and oxygen atoms in total. The third kappa shape index (κ3) is 18.6. The molecule has 0 bridgehead atoms. The monoisotopic (exact) mass is 499 g/mol. The van der Waals surface area contributed by atoms with E-state index in [4.69, 9.17) is 22.9 Å². The Morgan fingerprint density at radius 2 is 0.543 bits per heavy atom. The molecule has 8 N–H and O–H groups in total. The standard InChI is InChI=1S/C27H62N8/c28-12-1-5-16-32-20-9-21-33(17-6-2-13-29)23-11-25-35(19-8-4-15-31)27-26-34(24-10-22-32)18-7-3-14-30/h1-31H2. The summed E-state index contributed by atoms with van der Waals surface area (Å²) < 4.78 is 0. The van der Waals surface area contributed by atoms with E-state index in [-0.39, 0.29) is 0 Å². The Balaban J connectivity index is 2.78. The van der Waals surface area contributed by atoms with Gasteiger partial charge in [0.15, 0.2) is 0 Å². The number of hydrogen-bond donors (Lipinski definition) is 4. The molecule has 0 saturated carbocycles. The molecule has 1 saturated heterocycles. The maximum absolute atomic E-state index is 5.78. The Morgan fingerprint density at radius 1 is 0.314 bits per heavy atom. The molecule has 0 radical (unpaired) electrons. The molecular weight excluding hydrogens is 436 g/mol. The smallest absolute Gasteiger partial charge is 0.0109 e. The first-order valence-electron chi connectivity index (χ1n) is 14.9. The van der Waals surface area contributed by atoms with Gasteiger partial charge in [-0.3, -0.25) is 0 Å². The molecule has 0 aromatic carbocycles. The van der Waals surface area contributed by atoms with Crippen molar-refractivity contribution >= 4 is 0 Å². The van der Waals surface area contributed by atoms with Gasteiger partial charge in [-0.2, -0.15) is 0 Å². The lowest BCUT2D eigenvalue weighted by molar-refractivity contribution is 0.184. The predicted octanol–water partition coefficient (Wildman–Crippen LogP) is 1.33. The quantitative estimate of drug-likeness (QED) is 0.236. The fourth-order valence-corrected chi connectivity index (χ4v) is 5.10. The molecule has 1 aliphatic rings. The van der Waals surface area contributed by atoms with Crippen LogP contribution < -0.4 is 22.9 Å². The highest BCUT2D eigenvalue weighted by Crippen LogP contribution is 2.07. The topological polar surface area (TPSA) is 117 Å². The summed E-state index contributed by atoms with van der Waals surface area (Å²) in [6, 6.07) is 0. The first kappa shape index (κ1) is 32.7. The third-order valence-corrected chi connectivity index (χ3v) is 7.29. The van der Waals surface area contributed by atoms with Gasteiger partial charge in [-0.05, 0) is 162 Å². The fraction of sp³-hybridized carbons (Fsp3) is 1.00. The first-order valence-corrected chi connectivity index (χ1v) is 14.9. The number of unbranched alkanes of at least 4 members (excludes halogenated alkanes) is 4. The van der Waals surface area contributed by atoms with Crippen LogP contribution in [0.15, 0.2) is 0 Å². The van der Waals surface area contributed by atoms with E-state index in [1.807, 2.05) is 0 Å². The Bertz CT molecular complexity index is 401. The first-order chi connectivity index (χ1) is 17.2. The highest BCUT2D eigenvalue weighted by molar-refractivity contribution is 4.70. The van der Waals surface area contributed by atoms with Crippen LogP contribution in [0.1, 0.15) is 70.6 Å². The van der Waals surface area contributed by atoms with Gasteiger partial charge in [0.05, 0.1) is 0 Å². The molecule has 0 aromatic heterocycles. The summed E-state index contributed by atoms with van der Waals surface area (Å²) in [6.07, 6.45) is 13.1. The van der Waals surface area contributed by atoms with Crippen molar-refractivity contribution in [2.45, 2.75) is 70.6 Å². The zero-order valence-corrected chi connectivity index (χ0v) is 23.2. The summed E-state index contributed by atoms with van der Waals surface area (Å²) in [6.45, 7) is 17.5. The van der Waals surface area contributed by atoms with Crippen LogP contribution in [-0.4, -0.2) is 124 Å². The average Bonchev–Trinajstić information content (AvgIpc) is 2.86. The Morgan fingerprint density at radius 3 is 0.771 bits per heavy atom. The van der Waals surface area contributed by atoms with Crippen LogP contribution in [0.2, 0.25) is 0 Å². The van der Waals surface area contributed by atoms with Crippen molar-refractivity contribution in [3.8, 4) is 0 Å². The molecule has 1 heterocycles. The summed E-state index contributed by atoms with van der Waals surface area (Å²) in [4.78, 5) is 10.8. The van der Waals surface area contributed by atoms with Gasteiger partial charge in [0, 0.05) is 13.1 Å². The highest BCUT2D eigenvalue weighted by atomic mass is 15.2. The van der Waals surface area contributed by atoms with Gasteiger partial charge < -0.3 is 42.5 Å². The summed E-state index contributed by atoms with van der Waals surface area (Å²) in [5.74, 6) is 0. The molecule has 0 amide bonds. The zero-order valence-electron chi connectivity index (χ0n) is 23.2. The second kappa shape index (κ2) is 24.0. The van der Waals surface area contributed by atoms with Crippen molar-refractivity contribution in [2.75, 3.05) is 105 Å². The van der Waals surface area contributed by atoms with Crippen LogP contribution >= 0.6 is 0 Å². The van der Waals surface area contributed by atoms with E-state index in [1.54, 1.807) is 0 Å². The predicted molar refractivity (Wildman–Crippen MR) is 153 cm³/mol. The molecule has 1 fully saturated rings. The summed E-state index contributed by atoms with van der Waals surface area (Å²) in [5, 5.41) is 0. The molecule has 8 heteroatoms. The van der Waals surface area contributed by atoms with Gasteiger partial charge in [0.25, 0.3) is 0 Å². The minimum Gasteiger partial charge on any atom is -0.330 e. The maximum Gasteiger partial charge on any atom is 0.0109 e. The van der Waals surface area contributed by atoms with E-state index in [9.17, 15) is 0 Å². The summed E-state index contributed by atoms with van der Waals surface area (Å²) in [7, 11) is 0. The molecule has 1 rings (SSSR count). The lowest BCUT2D eigenvalue weighted by Gasteiger charge is -2.29. The number of rotatable bonds is 16. The van der Waals surface area contributed by atoms with Crippen molar-refractivity contribution in [2.24, 2.45) is 22.9 Å². The molecule has 35 heavy (non-hydrogen) atoms. The van der Waals surface area contributed by atoms with Gasteiger partial charge >= 0.3 is 0 Å². The van der Waals surface area contributed by atoms with Gasteiger partial charge in [-0.25, -0.2) is 0 Å². The fourth-order valence-electron chi connectivity index (χ4n) is 5.10. The second-order valence-corrected chi connectivity index (χ2v) is 10.4. The average molecular weight is 499 g/mol. The molecule has 0 unspecified atom stereocenters. The molecular formula is C27H62N8. The SMILES string of the molecule is NCCCCN1CCCN(CCCCN)CCCN(CCCCN)CCN(CCCCN)CCC1. The van der Waals surface area contributed by atoms with E-state index in [0.717, 1.165) is 51.9 Å². The highest BCUT2D eigenvalue weighted by Gasteiger charge is 2.14. The minimum atomic E-state index is 0.801. The van der Waals surface area contributed by atoms with E-state index in [2.05, 4.69) is 19.6 Å². The van der Waals surface area contributed by atoms with Gasteiger partial charge in [0.1, 0.15) is 0 Å². The van der Waals surface area contributed by atoms with E-state index >= 15 is 0 Å². The van der Waals surface area contributed by atoms with Crippen LogP contribution in [0.4, 0.5) is 0 Å². The number of nitrogens with zero attached hydrogens (tertiary/aromatic N) is 4. The van der Waals surface area contributed by atoms with Crippen molar-refractivity contribution in [3.05, 3.63) is 0 Å². The second-order valence-electron chi connectivity index (χ2n) is 10.4. The van der Waals surface area contributed by atoms with Gasteiger partial charge in [0.2, 0.25) is 0 Å². The van der Waals surface area contributed by atoms with Crippen LogP contribution in [0, 0.1) is 0 Å². The zero-order chi connectivity index (χ0) is 25.4. The third-order valence-electron chi connectivity index (χ3n) is 7.29. The Kier molecular flexibility index (Phi) is 22.5. The molecule has 0 spiro atoms. The number of nitrogens with two attached hydrogens (primary N) is 4. The van der Waals surface area contributed by atoms with Crippen molar-refractivity contribution in [1.29, 1.82) is 0 Å². The van der Waals surface area contributed by atoms with Crippen LogP contribution in [-0.2, 0) is 0 Å². The molecule has 0 atom stereocenters. The Labute approximate surface area is 218 Å². The number of hydrogen-bond acceptors (Lipinski definition) is 8. The van der Waals surface area contributed by atoms with Gasteiger partial charge in [-0.1, -0.05) is 0 Å². The molecule has 0 aliphatic carbocycles. The molecule has 1 aliphatic heterocycles. The van der Waals surface area contributed by atoms with E-state index in [1.165, 1.54) is 123 Å². The van der Waals surface area contributed by atoms with Crippen molar-refractivity contribution in [1.82, 2.24) is 19.6 Å². The molecule has 210 valence electrons. The van der Waals surface area contributed by atoms with Crippen molar-refractivity contribution in [3.63, 3.8) is 0 Å². The van der Waals surface area contributed by atoms with Crippen LogP contribution in [0.25, 0.3) is 0 Å². The molecule has 0 aromatic rings. The Hall–Kier alpha value is -0.320. The lowest BCUT2D eigenvalue weighted by Crippen LogP contribution is -2.39. The van der Waals surface area contributed by atoms with E-state index < -0.39 is 0 Å². The minimum absolute atomic E-state index is 0.801. The van der Waals surface area contributed by atoms with E-state index in [0.29, 0.717) is 0 Å². The summed E-state index contributed by atoms with van der Waals surface area (Å²) >= 11 is 0. The van der Waals surface area contributed by atoms with Gasteiger partial charge in [-0.15, -0.1) is 0 Å². The maximum atomic E-state index is 5.78.